The molecule has 0 aliphatic carbocycles. The van der Waals surface area contributed by atoms with Gasteiger partial charge in [0.25, 0.3) is 5.56 Å². The average Bonchev–Trinajstić information content (AvgIpc) is 3.03. The van der Waals surface area contributed by atoms with E-state index in [0.29, 0.717) is 18.1 Å². The first-order valence-corrected chi connectivity index (χ1v) is 9.49. The SMILES string of the molecule is CCCCn1c(=O)[nH]c(=O)c2c1nc(COC(=O)[C@@H](C)Oc1ccccc1)n2C. The van der Waals surface area contributed by atoms with Crippen molar-refractivity contribution in [3.63, 3.8) is 0 Å². The fourth-order valence-corrected chi connectivity index (χ4v) is 2.95. The molecule has 0 unspecified atom stereocenters. The van der Waals surface area contributed by atoms with Gasteiger partial charge in [0.1, 0.15) is 18.2 Å². The van der Waals surface area contributed by atoms with Crippen LogP contribution in [0.3, 0.4) is 0 Å². The third-order valence-electron chi connectivity index (χ3n) is 4.57. The zero-order valence-electron chi connectivity index (χ0n) is 16.7. The Morgan fingerprint density at radius 3 is 2.66 bits per heavy atom. The van der Waals surface area contributed by atoms with E-state index in [2.05, 4.69) is 9.97 Å². The van der Waals surface area contributed by atoms with Gasteiger partial charge in [0.2, 0.25) is 0 Å². The van der Waals surface area contributed by atoms with E-state index in [4.69, 9.17) is 9.47 Å². The number of carbonyl (C=O) groups is 1. The second kappa shape index (κ2) is 8.76. The van der Waals surface area contributed by atoms with Gasteiger partial charge in [0.15, 0.2) is 17.3 Å². The number of imidazole rings is 1. The van der Waals surface area contributed by atoms with Crippen molar-refractivity contribution in [1.29, 1.82) is 0 Å². The summed E-state index contributed by atoms with van der Waals surface area (Å²) in [6.07, 6.45) is 0.859. The predicted octanol–water partition coefficient (Wildman–Crippen LogP) is 1.73. The second-order valence-electron chi connectivity index (χ2n) is 6.70. The van der Waals surface area contributed by atoms with Gasteiger partial charge in [-0.25, -0.2) is 14.6 Å². The molecule has 0 aliphatic heterocycles. The minimum absolute atomic E-state index is 0.145. The van der Waals surface area contributed by atoms with Crippen molar-refractivity contribution in [2.75, 3.05) is 0 Å². The van der Waals surface area contributed by atoms with Gasteiger partial charge in [-0.1, -0.05) is 31.5 Å². The molecule has 2 heterocycles. The van der Waals surface area contributed by atoms with Crippen molar-refractivity contribution in [3.8, 4) is 5.75 Å². The lowest BCUT2D eigenvalue weighted by Crippen LogP contribution is -2.31. The Bertz CT molecular complexity index is 1110. The molecular weight excluding hydrogens is 376 g/mol. The summed E-state index contributed by atoms with van der Waals surface area (Å²) < 4.78 is 13.8. The van der Waals surface area contributed by atoms with E-state index in [1.165, 1.54) is 9.13 Å². The number of nitrogens with one attached hydrogen (secondary N) is 1. The maximum absolute atomic E-state index is 12.3. The Kier molecular flexibility index (Phi) is 6.16. The zero-order chi connectivity index (χ0) is 21.0. The van der Waals surface area contributed by atoms with Crippen molar-refractivity contribution in [2.45, 2.75) is 45.9 Å². The molecule has 3 aromatic rings. The number of hydrogen-bond donors (Lipinski definition) is 1. The molecule has 3 rings (SSSR count). The third-order valence-corrected chi connectivity index (χ3v) is 4.57. The van der Waals surface area contributed by atoms with Gasteiger partial charge in [0, 0.05) is 13.6 Å². The van der Waals surface area contributed by atoms with Crippen molar-refractivity contribution in [1.82, 2.24) is 19.1 Å². The molecule has 1 atom stereocenters. The molecule has 0 saturated carbocycles. The molecule has 1 N–H and O–H groups in total. The lowest BCUT2D eigenvalue weighted by atomic mass is 10.3. The number of unbranched alkanes of at least 4 members (excludes halogenated alkanes) is 1. The third kappa shape index (κ3) is 4.39. The number of esters is 1. The lowest BCUT2D eigenvalue weighted by molar-refractivity contribution is -0.152. The van der Waals surface area contributed by atoms with Crippen molar-refractivity contribution < 1.29 is 14.3 Å². The number of benzene rings is 1. The minimum Gasteiger partial charge on any atom is -0.479 e. The number of ether oxygens (including phenoxy) is 2. The Balaban J connectivity index is 1.79. The highest BCUT2D eigenvalue weighted by molar-refractivity contribution is 5.75. The molecule has 0 aliphatic rings. The first-order valence-electron chi connectivity index (χ1n) is 9.49. The highest BCUT2D eigenvalue weighted by Gasteiger charge is 2.20. The van der Waals surface area contributed by atoms with Gasteiger partial charge in [-0.2, -0.15) is 0 Å². The van der Waals surface area contributed by atoms with Crippen LogP contribution in [-0.2, 0) is 29.7 Å². The summed E-state index contributed by atoms with van der Waals surface area (Å²) in [6.45, 7) is 3.90. The van der Waals surface area contributed by atoms with Gasteiger partial charge < -0.3 is 14.0 Å². The van der Waals surface area contributed by atoms with E-state index in [1.54, 1.807) is 26.1 Å². The fourth-order valence-electron chi connectivity index (χ4n) is 2.95. The maximum Gasteiger partial charge on any atom is 0.347 e. The van der Waals surface area contributed by atoms with Crippen LogP contribution in [0.25, 0.3) is 11.2 Å². The molecular formula is C20H24N4O5. The van der Waals surface area contributed by atoms with Crippen LogP contribution < -0.4 is 16.0 Å². The number of para-hydroxylation sites is 1. The van der Waals surface area contributed by atoms with Crippen LogP contribution in [0.15, 0.2) is 39.9 Å². The molecule has 9 nitrogen and oxygen atoms in total. The molecule has 0 radical (unpaired) electrons. The van der Waals surface area contributed by atoms with Crippen LogP contribution in [-0.4, -0.2) is 31.2 Å². The van der Waals surface area contributed by atoms with E-state index >= 15 is 0 Å². The first kappa shape index (κ1) is 20.4. The van der Waals surface area contributed by atoms with E-state index in [-0.39, 0.29) is 17.8 Å². The Morgan fingerprint density at radius 1 is 1.24 bits per heavy atom. The van der Waals surface area contributed by atoms with E-state index in [9.17, 15) is 14.4 Å². The molecule has 0 fully saturated rings. The molecule has 0 saturated heterocycles. The molecule has 2 aromatic heterocycles. The van der Waals surface area contributed by atoms with Gasteiger partial charge >= 0.3 is 11.7 Å². The standard InChI is InChI=1S/C20H24N4O5/c1-4-5-11-24-17-16(18(25)22-20(24)27)23(3)15(21-17)12-28-19(26)13(2)29-14-9-7-6-8-10-14/h6-10,13H,4-5,11-12H2,1-3H3,(H,22,25,27)/t13-/m1/s1. The summed E-state index contributed by atoms with van der Waals surface area (Å²) >= 11 is 0. The second-order valence-corrected chi connectivity index (χ2v) is 6.70. The van der Waals surface area contributed by atoms with E-state index in [1.807, 2.05) is 25.1 Å². The molecule has 0 spiro atoms. The number of carbonyl (C=O) groups excluding carboxylic acids is 1. The first-order chi connectivity index (χ1) is 13.9. The number of fused-ring (bicyclic) bond motifs is 1. The smallest absolute Gasteiger partial charge is 0.347 e. The average molecular weight is 400 g/mol. The monoisotopic (exact) mass is 400 g/mol. The summed E-state index contributed by atoms with van der Waals surface area (Å²) in [7, 11) is 1.65. The molecule has 154 valence electrons. The molecule has 9 heteroatoms. The summed E-state index contributed by atoms with van der Waals surface area (Å²) in [4.78, 5) is 43.4. The van der Waals surface area contributed by atoms with Crippen molar-refractivity contribution >= 4 is 17.1 Å². The number of aryl methyl sites for hydroxylation is 2. The largest absolute Gasteiger partial charge is 0.479 e. The summed E-state index contributed by atoms with van der Waals surface area (Å²) in [5.41, 5.74) is -0.469. The van der Waals surface area contributed by atoms with E-state index < -0.39 is 23.3 Å². The predicted molar refractivity (Wildman–Crippen MR) is 107 cm³/mol. The number of H-pyrrole nitrogens is 1. The highest BCUT2D eigenvalue weighted by Crippen LogP contribution is 2.14. The number of rotatable bonds is 8. The van der Waals surface area contributed by atoms with Crippen molar-refractivity contribution in [3.05, 3.63) is 57.0 Å². The quantitative estimate of drug-likeness (QED) is 0.577. The maximum atomic E-state index is 12.3. The van der Waals surface area contributed by atoms with Crippen LogP contribution >= 0.6 is 0 Å². The number of nitrogens with zero attached hydrogens (tertiary/aromatic N) is 3. The Hall–Kier alpha value is -3.36. The molecule has 29 heavy (non-hydrogen) atoms. The summed E-state index contributed by atoms with van der Waals surface area (Å²) in [5, 5.41) is 0. The van der Waals surface area contributed by atoms with E-state index in [0.717, 1.165) is 12.8 Å². The number of hydrogen-bond acceptors (Lipinski definition) is 6. The lowest BCUT2D eigenvalue weighted by Gasteiger charge is -2.13. The van der Waals surface area contributed by atoms with Crippen LogP contribution in [0.4, 0.5) is 0 Å². The summed E-state index contributed by atoms with van der Waals surface area (Å²) in [5.74, 6) is 0.367. The van der Waals surface area contributed by atoms with Gasteiger partial charge in [-0.3, -0.25) is 14.3 Å². The Labute approximate surface area is 166 Å². The van der Waals surface area contributed by atoms with Crippen LogP contribution in [0.1, 0.15) is 32.5 Å². The van der Waals surface area contributed by atoms with Crippen LogP contribution in [0, 0.1) is 0 Å². The normalized spacial score (nSPS) is 12.1. The Morgan fingerprint density at radius 2 is 1.97 bits per heavy atom. The van der Waals surface area contributed by atoms with Gasteiger partial charge in [-0.05, 0) is 25.5 Å². The fraction of sp³-hybridized carbons (Fsp3) is 0.400. The minimum atomic E-state index is -0.807. The number of aromatic amines is 1. The highest BCUT2D eigenvalue weighted by atomic mass is 16.6. The molecule has 1 aromatic carbocycles. The molecule has 0 amide bonds. The zero-order valence-corrected chi connectivity index (χ0v) is 16.7. The van der Waals surface area contributed by atoms with Crippen LogP contribution in [0.2, 0.25) is 0 Å². The van der Waals surface area contributed by atoms with Gasteiger partial charge in [-0.15, -0.1) is 0 Å². The summed E-state index contributed by atoms with van der Waals surface area (Å²) in [6, 6.07) is 8.96. The number of aromatic nitrogens is 4. The van der Waals surface area contributed by atoms with Crippen LogP contribution in [0.5, 0.6) is 5.75 Å². The topological polar surface area (TPSA) is 108 Å². The van der Waals surface area contributed by atoms with Gasteiger partial charge in [0.05, 0.1) is 0 Å². The molecule has 0 bridgehead atoms. The van der Waals surface area contributed by atoms with Crippen molar-refractivity contribution in [2.24, 2.45) is 7.05 Å².